The molecule has 5 aliphatic rings. The second kappa shape index (κ2) is 17.1. The van der Waals surface area contributed by atoms with Crippen LogP contribution in [0.4, 0.5) is 17.5 Å². The highest BCUT2D eigenvalue weighted by Gasteiger charge is 2.46. The lowest BCUT2D eigenvalue weighted by Crippen LogP contribution is -2.54. The maximum absolute atomic E-state index is 13.7. The number of halogens is 1. The largest absolute Gasteiger partial charge is 0.478 e. The number of imide groups is 2. The molecule has 3 saturated heterocycles. The minimum Gasteiger partial charge on any atom is -0.478 e. The molecular formula is C44H48ClN9O8. The average Bonchev–Trinajstić information content (AvgIpc) is 3.52. The molecule has 62 heavy (non-hydrogen) atoms. The van der Waals surface area contributed by atoms with Crippen molar-refractivity contribution in [2.75, 3.05) is 50.1 Å². The molecule has 4 fully saturated rings. The normalized spacial score (nSPS) is 22.4. The number of likely N-dealkylation sites (N-methyl/N-ethyl adjacent to an activating group) is 1. The summed E-state index contributed by atoms with van der Waals surface area (Å²) in [6.45, 7) is 2.98. The molecule has 9 rings (SSSR count). The van der Waals surface area contributed by atoms with E-state index < -0.39 is 29.7 Å². The zero-order chi connectivity index (χ0) is 43.2. The van der Waals surface area contributed by atoms with Crippen molar-refractivity contribution in [3.05, 3.63) is 80.7 Å². The highest BCUT2D eigenvalue weighted by atomic mass is 35.5. The van der Waals surface area contributed by atoms with Crippen LogP contribution >= 0.6 is 11.6 Å². The minimum absolute atomic E-state index is 0.0703. The lowest BCUT2D eigenvalue weighted by atomic mass is 9.82. The summed E-state index contributed by atoms with van der Waals surface area (Å²) in [5.41, 5.74) is 2.66. The van der Waals surface area contributed by atoms with Crippen molar-refractivity contribution in [3.8, 4) is 5.75 Å². The number of anilines is 3. The third kappa shape index (κ3) is 7.99. The summed E-state index contributed by atoms with van der Waals surface area (Å²) in [4.78, 5) is 90.9. The van der Waals surface area contributed by atoms with E-state index in [0.717, 1.165) is 80.6 Å². The van der Waals surface area contributed by atoms with Crippen molar-refractivity contribution in [2.45, 2.75) is 81.6 Å². The number of nitrogens with one attached hydrogen (secondary N) is 3. The van der Waals surface area contributed by atoms with Crippen LogP contribution in [0, 0.1) is 0 Å². The zero-order valence-electron chi connectivity index (χ0n) is 34.5. The molecule has 3 N–H and O–H groups in total. The van der Waals surface area contributed by atoms with Crippen LogP contribution in [0.25, 0.3) is 10.9 Å². The Kier molecular flexibility index (Phi) is 11.4. The molecule has 0 spiro atoms. The molecule has 0 radical (unpaired) electrons. The van der Waals surface area contributed by atoms with E-state index >= 15 is 0 Å². The minimum atomic E-state index is -0.976. The number of carbonyl (C=O) groups is 5. The fraction of sp³-hybridized carbons (Fsp3) is 0.455. The van der Waals surface area contributed by atoms with Crippen LogP contribution in [0.1, 0.15) is 83.6 Å². The van der Waals surface area contributed by atoms with Crippen molar-refractivity contribution in [1.82, 2.24) is 35.0 Å². The molecule has 6 heterocycles. The second-order valence-corrected chi connectivity index (χ2v) is 17.1. The Morgan fingerprint density at radius 3 is 2.45 bits per heavy atom. The Balaban J connectivity index is 0.748. The van der Waals surface area contributed by atoms with E-state index in [9.17, 15) is 28.8 Å². The van der Waals surface area contributed by atoms with Gasteiger partial charge >= 0.3 is 0 Å². The molecule has 5 amide bonds. The smallest absolute Gasteiger partial charge is 0.293 e. The van der Waals surface area contributed by atoms with Crippen molar-refractivity contribution in [2.24, 2.45) is 7.05 Å². The number of benzene rings is 2. The molecule has 1 atom stereocenters. The number of nitrogens with zero attached hydrogens (tertiary/aromatic N) is 6. The summed E-state index contributed by atoms with van der Waals surface area (Å²) in [5, 5.41) is 9.13. The van der Waals surface area contributed by atoms with Gasteiger partial charge in [-0.1, -0.05) is 23.7 Å². The molecule has 2 aromatic heterocycles. The Morgan fingerprint density at radius 2 is 1.71 bits per heavy atom. The van der Waals surface area contributed by atoms with Crippen LogP contribution in [0.2, 0.25) is 5.02 Å². The number of aromatic nitrogens is 3. The Labute approximate surface area is 362 Å². The van der Waals surface area contributed by atoms with Gasteiger partial charge in [0, 0.05) is 50.7 Å². The van der Waals surface area contributed by atoms with Gasteiger partial charge in [-0.05, 0) is 99.8 Å². The second-order valence-electron chi connectivity index (χ2n) is 16.7. The SMILES string of the molecule is CNC(=O)COc1cc2cc(Nc3nc(N4CCC(OC5CC(N6CCC(c7cccc8c7C(=O)N([C@@H]7CCC(=O)NC7=O)C8=O)CC6)C5)CC4)ncc3Cl)ccc2n(C)c1=O. The van der Waals surface area contributed by atoms with Crippen molar-refractivity contribution >= 4 is 69.5 Å². The monoisotopic (exact) mass is 865 g/mol. The lowest BCUT2D eigenvalue weighted by Gasteiger charge is -2.47. The van der Waals surface area contributed by atoms with Crippen LogP contribution in [0.5, 0.6) is 5.75 Å². The van der Waals surface area contributed by atoms with Gasteiger partial charge in [0.15, 0.2) is 18.2 Å². The van der Waals surface area contributed by atoms with Gasteiger partial charge in [0.2, 0.25) is 17.8 Å². The van der Waals surface area contributed by atoms with Crippen molar-refractivity contribution in [3.63, 3.8) is 0 Å². The van der Waals surface area contributed by atoms with Gasteiger partial charge in [-0.25, -0.2) is 4.98 Å². The Morgan fingerprint density at radius 1 is 0.935 bits per heavy atom. The topological polar surface area (TPSA) is 197 Å². The number of ether oxygens (including phenoxy) is 2. The first-order chi connectivity index (χ1) is 29.9. The summed E-state index contributed by atoms with van der Waals surface area (Å²) < 4.78 is 13.6. The molecule has 18 heteroatoms. The standard InChI is InChI=1S/C44H48ClN9O8/c1-46-37(56)23-61-35-19-25-18-26(6-7-33(25)51(2)42(35)59)48-39-32(45)22-47-44(50-39)53-16-12-28(13-17-53)62-29-20-27(21-29)52-14-10-24(11-15-52)30-4-3-5-31-38(30)43(60)54(41(31)58)34-8-9-36(55)49-40(34)57/h3-7,18-19,22,24,27-29,34H,8-17,20-21,23H2,1-2H3,(H,46,56)(H,47,48,50)(H,49,55,57)/t27?,29?,34-/m1/s1. The highest BCUT2D eigenvalue weighted by Crippen LogP contribution is 2.40. The van der Waals surface area contributed by atoms with Gasteiger partial charge in [-0.15, -0.1) is 0 Å². The maximum atomic E-state index is 13.7. The first-order valence-electron chi connectivity index (χ1n) is 21.2. The van der Waals surface area contributed by atoms with E-state index in [1.54, 1.807) is 25.4 Å². The molecule has 2 aromatic carbocycles. The molecule has 0 bridgehead atoms. The van der Waals surface area contributed by atoms with Gasteiger partial charge in [-0.3, -0.25) is 39.0 Å². The number of amides is 5. The molecule has 17 nitrogen and oxygen atoms in total. The zero-order valence-corrected chi connectivity index (χ0v) is 35.3. The third-order valence-corrected chi connectivity index (χ3v) is 13.3. The molecular weight excluding hydrogens is 818 g/mol. The predicted octanol–water partition coefficient (Wildman–Crippen LogP) is 3.65. The Bertz CT molecular complexity index is 2530. The number of aryl methyl sites for hydroxylation is 1. The van der Waals surface area contributed by atoms with Crippen molar-refractivity contribution in [1.29, 1.82) is 0 Å². The number of piperidine rings is 3. The first-order valence-corrected chi connectivity index (χ1v) is 21.6. The molecule has 1 aliphatic carbocycles. The van der Waals surface area contributed by atoms with E-state index in [4.69, 9.17) is 26.1 Å². The number of hydrogen-bond acceptors (Lipinski definition) is 13. The lowest BCUT2D eigenvalue weighted by molar-refractivity contribution is -0.136. The number of fused-ring (bicyclic) bond motifs is 2. The van der Waals surface area contributed by atoms with Crippen LogP contribution in [0.15, 0.2) is 53.5 Å². The summed E-state index contributed by atoms with van der Waals surface area (Å²) in [5.74, 6) is -1.03. The van der Waals surface area contributed by atoms with E-state index in [1.807, 2.05) is 30.3 Å². The summed E-state index contributed by atoms with van der Waals surface area (Å²) >= 11 is 6.56. The van der Waals surface area contributed by atoms with Crippen LogP contribution in [0.3, 0.4) is 0 Å². The number of likely N-dealkylation sites (tertiary alicyclic amines) is 1. The number of pyridine rings is 1. The van der Waals surface area contributed by atoms with Gasteiger partial charge < -0.3 is 34.5 Å². The predicted molar refractivity (Wildman–Crippen MR) is 229 cm³/mol. The third-order valence-electron chi connectivity index (χ3n) is 13.0. The van der Waals surface area contributed by atoms with E-state index in [-0.39, 0.29) is 54.8 Å². The molecule has 4 aromatic rings. The fourth-order valence-electron chi connectivity index (χ4n) is 9.45. The molecule has 324 valence electrons. The number of rotatable bonds is 11. The summed E-state index contributed by atoms with van der Waals surface area (Å²) in [7, 11) is 3.15. The van der Waals surface area contributed by atoms with E-state index in [0.29, 0.717) is 45.2 Å². The van der Waals surface area contributed by atoms with E-state index in [1.165, 1.54) is 11.6 Å². The highest BCUT2D eigenvalue weighted by molar-refractivity contribution is 6.33. The first kappa shape index (κ1) is 41.4. The van der Waals surface area contributed by atoms with E-state index in [2.05, 4.69) is 30.7 Å². The number of carbonyl (C=O) groups excluding carboxylic acids is 5. The summed E-state index contributed by atoms with van der Waals surface area (Å²) in [6, 6.07) is 12.0. The van der Waals surface area contributed by atoms with Gasteiger partial charge in [-0.2, -0.15) is 4.98 Å². The quantitative estimate of drug-likeness (QED) is 0.185. The molecule has 0 unspecified atom stereocenters. The summed E-state index contributed by atoms with van der Waals surface area (Å²) in [6.07, 6.45) is 7.54. The van der Waals surface area contributed by atoms with Crippen LogP contribution < -0.4 is 31.1 Å². The Hall–Kier alpha value is -5.91. The van der Waals surface area contributed by atoms with Gasteiger partial charge in [0.1, 0.15) is 11.1 Å². The van der Waals surface area contributed by atoms with Crippen LogP contribution in [-0.2, 0) is 26.2 Å². The molecule has 1 saturated carbocycles. The van der Waals surface area contributed by atoms with Gasteiger partial charge in [0.05, 0.1) is 35.0 Å². The average molecular weight is 866 g/mol. The maximum Gasteiger partial charge on any atom is 0.293 e. The van der Waals surface area contributed by atoms with Gasteiger partial charge in [0.25, 0.3) is 23.3 Å². The molecule has 4 aliphatic heterocycles. The fourth-order valence-corrected chi connectivity index (χ4v) is 9.59. The number of hydrogen-bond donors (Lipinski definition) is 3. The van der Waals surface area contributed by atoms with Crippen molar-refractivity contribution < 1.29 is 33.4 Å². The van der Waals surface area contributed by atoms with Crippen LogP contribution in [-0.4, -0.2) is 118 Å².